The average molecular weight is 367 g/mol. The smallest absolute Gasteiger partial charge is 0.315 e. The van der Waals surface area contributed by atoms with Gasteiger partial charge < -0.3 is 25.6 Å². The first kappa shape index (κ1) is 20.3. The number of amides is 2. The third-order valence-electron chi connectivity index (χ3n) is 4.35. The van der Waals surface area contributed by atoms with Gasteiger partial charge in [0.2, 0.25) is 5.91 Å². The summed E-state index contributed by atoms with van der Waals surface area (Å²) in [4.78, 5) is 27.3. The Labute approximate surface area is 153 Å². The van der Waals surface area contributed by atoms with E-state index in [1.165, 1.54) is 0 Å². The van der Waals surface area contributed by atoms with E-state index in [0.29, 0.717) is 19.1 Å². The van der Waals surface area contributed by atoms with Crippen molar-refractivity contribution in [3.8, 4) is 0 Å². The van der Waals surface area contributed by atoms with Crippen LogP contribution < -0.4 is 16.4 Å². The highest BCUT2D eigenvalue weighted by Crippen LogP contribution is 2.27. The molecule has 1 aromatic rings. The lowest BCUT2D eigenvalue weighted by atomic mass is 9.83. The molecule has 3 atom stereocenters. The summed E-state index contributed by atoms with van der Waals surface area (Å²) < 4.78 is 10.7. The van der Waals surface area contributed by atoms with Gasteiger partial charge in [-0.15, -0.1) is 0 Å². The number of nitrogens with zero attached hydrogens (tertiary/aromatic N) is 2. The van der Waals surface area contributed by atoms with E-state index in [1.54, 1.807) is 0 Å². The van der Waals surface area contributed by atoms with Gasteiger partial charge in [-0.25, -0.2) is 0 Å². The molecule has 1 fully saturated rings. The Morgan fingerprint density at radius 3 is 2.77 bits per heavy atom. The molecule has 26 heavy (non-hydrogen) atoms. The van der Waals surface area contributed by atoms with Crippen molar-refractivity contribution in [3.05, 3.63) is 11.7 Å². The minimum Gasteiger partial charge on any atom is -0.377 e. The lowest BCUT2D eigenvalue weighted by Gasteiger charge is -2.37. The van der Waals surface area contributed by atoms with Crippen molar-refractivity contribution in [2.45, 2.75) is 71.2 Å². The Morgan fingerprint density at radius 1 is 1.38 bits per heavy atom. The van der Waals surface area contributed by atoms with E-state index in [1.807, 2.05) is 0 Å². The molecule has 1 aliphatic rings. The van der Waals surface area contributed by atoms with E-state index in [-0.39, 0.29) is 42.2 Å². The van der Waals surface area contributed by atoms with E-state index >= 15 is 0 Å². The van der Waals surface area contributed by atoms with Gasteiger partial charge in [-0.05, 0) is 25.7 Å². The SMILES string of the molecule is CCCO[C@@H]1C[C@@H](C(=O)NCc2noc(C(N)=O)n2)CC[C@H]1NC(C)C. The van der Waals surface area contributed by atoms with Crippen LogP contribution in [0.5, 0.6) is 0 Å². The number of nitrogens with one attached hydrogen (secondary N) is 2. The molecule has 0 spiro atoms. The summed E-state index contributed by atoms with van der Waals surface area (Å²) in [5.41, 5.74) is 5.06. The fourth-order valence-corrected chi connectivity index (χ4v) is 3.18. The molecule has 1 aromatic heterocycles. The second-order valence-electron chi connectivity index (χ2n) is 6.94. The zero-order valence-electron chi connectivity index (χ0n) is 15.7. The number of carbonyl (C=O) groups excluding carboxylic acids is 2. The summed E-state index contributed by atoms with van der Waals surface area (Å²) in [5, 5.41) is 9.96. The predicted octanol–water partition coefficient (Wildman–Crippen LogP) is 0.747. The van der Waals surface area contributed by atoms with Crippen molar-refractivity contribution in [3.63, 3.8) is 0 Å². The number of primary amides is 1. The number of aromatic nitrogens is 2. The van der Waals surface area contributed by atoms with Crippen molar-refractivity contribution in [2.24, 2.45) is 11.7 Å². The van der Waals surface area contributed by atoms with Gasteiger partial charge in [-0.3, -0.25) is 9.59 Å². The maximum absolute atomic E-state index is 12.5. The fourth-order valence-electron chi connectivity index (χ4n) is 3.18. The monoisotopic (exact) mass is 367 g/mol. The number of hydrogen-bond acceptors (Lipinski definition) is 7. The third kappa shape index (κ3) is 5.77. The molecule has 1 aliphatic carbocycles. The fraction of sp³-hybridized carbons (Fsp3) is 0.765. The number of rotatable bonds is 9. The van der Waals surface area contributed by atoms with Crippen LogP contribution >= 0.6 is 0 Å². The molecule has 2 amide bonds. The molecule has 0 radical (unpaired) electrons. The summed E-state index contributed by atoms with van der Waals surface area (Å²) in [5.74, 6) is -1.02. The second-order valence-corrected chi connectivity index (χ2v) is 6.94. The van der Waals surface area contributed by atoms with Crippen LogP contribution in [-0.2, 0) is 16.1 Å². The number of carbonyl (C=O) groups is 2. The molecule has 0 saturated heterocycles. The van der Waals surface area contributed by atoms with Crippen LogP contribution in [0.25, 0.3) is 0 Å². The Balaban J connectivity index is 1.88. The first-order chi connectivity index (χ1) is 12.4. The van der Waals surface area contributed by atoms with Crippen molar-refractivity contribution in [2.75, 3.05) is 6.61 Å². The average Bonchev–Trinajstić information content (AvgIpc) is 3.07. The minimum atomic E-state index is -0.790. The number of nitrogens with two attached hydrogens (primary N) is 1. The molecular weight excluding hydrogens is 338 g/mol. The normalized spacial score (nSPS) is 23.2. The van der Waals surface area contributed by atoms with Crippen molar-refractivity contribution >= 4 is 11.8 Å². The molecule has 0 bridgehead atoms. The largest absolute Gasteiger partial charge is 0.377 e. The number of hydrogen-bond donors (Lipinski definition) is 3. The summed E-state index contributed by atoms with van der Waals surface area (Å²) in [6, 6.07) is 0.636. The molecule has 4 N–H and O–H groups in total. The Morgan fingerprint density at radius 2 is 2.15 bits per heavy atom. The van der Waals surface area contributed by atoms with E-state index in [9.17, 15) is 9.59 Å². The van der Waals surface area contributed by atoms with Gasteiger partial charge in [0.15, 0.2) is 5.82 Å². The van der Waals surface area contributed by atoms with Crippen LogP contribution in [0.4, 0.5) is 0 Å². The van der Waals surface area contributed by atoms with Crippen molar-refractivity contribution in [1.82, 2.24) is 20.8 Å². The first-order valence-corrected chi connectivity index (χ1v) is 9.18. The zero-order chi connectivity index (χ0) is 19.1. The molecule has 1 saturated carbocycles. The topological polar surface area (TPSA) is 132 Å². The van der Waals surface area contributed by atoms with Gasteiger partial charge in [-0.2, -0.15) is 4.98 Å². The first-order valence-electron chi connectivity index (χ1n) is 9.18. The highest BCUT2D eigenvalue weighted by Gasteiger charge is 2.34. The maximum atomic E-state index is 12.5. The second kappa shape index (κ2) is 9.63. The highest BCUT2D eigenvalue weighted by molar-refractivity contribution is 5.87. The van der Waals surface area contributed by atoms with E-state index in [4.69, 9.17) is 15.0 Å². The molecule has 0 aromatic carbocycles. The van der Waals surface area contributed by atoms with Crippen LogP contribution in [0.2, 0.25) is 0 Å². The van der Waals surface area contributed by atoms with Gasteiger partial charge in [0.25, 0.3) is 0 Å². The van der Waals surface area contributed by atoms with Crippen LogP contribution in [0, 0.1) is 5.92 Å². The van der Waals surface area contributed by atoms with E-state index in [0.717, 1.165) is 19.3 Å². The Kier molecular flexibility index (Phi) is 7.52. The molecule has 0 unspecified atom stereocenters. The Hall–Kier alpha value is -2.00. The van der Waals surface area contributed by atoms with Gasteiger partial charge in [0, 0.05) is 24.6 Å². The van der Waals surface area contributed by atoms with Crippen LogP contribution in [0.15, 0.2) is 4.52 Å². The maximum Gasteiger partial charge on any atom is 0.315 e. The lowest BCUT2D eigenvalue weighted by Crippen LogP contribution is -2.50. The molecule has 146 valence electrons. The van der Waals surface area contributed by atoms with E-state index in [2.05, 4.69) is 41.5 Å². The van der Waals surface area contributed by atoms with Gasteiger partial charge >= 0.3 is 11.8 Å². The number of ether oxygens (including phenoxy) is 1. The lowest BCUT2D eigenvalue weighted by molar-refractivity contribution is -0.128. The summed E-state index contributed by atoms with van der Waals surface area (Å²) in [7, 11) is 0. The Bertz CT molecular complexity index is 604. The summed E-state index contributed by atoms with van der Waals surface area (Å²) in [6.45, 7) is 7.08. The highest BCUT2D eigenvalue weighted by atomic mass is 16.5. The molecular formula is C17H29N5O4. The van der Waals surface area contributed by atoms with Crippen LogP contribution in [-0.4, -0.2) is 46.7 Å². The molecule has 0 aliphatic heterocycles. The van der Waals surface area contributed by atoms with Crippen LogP contribution in [0.1, 0.15) is 63.0 Å². The minimum absolute atomic E-state index is 0.0217. The predicted molar refractivity (Wildman–Crippen MR) is 94.1 cm³/mol. The molecule has 1 heterocycles. The quantitative estimate of drug-likeness (QED) is 0.586. The van der Waals surface area contributed by atoms with Crippen molar-refractivity contribution in [1.29, 1.82) is 0 Å². The van der Waals surface area contributed by atoms with Crippen molar-refractivity contribution < 1.29 is 18.8 Å². The molecule has 9 nitrogen and oxygen atoms in total. The summed E-state index contributed by atoms with van der Waals surface area (Å²) >= 11 is 0. The van der Waals surface area contributed by atoms with Gasteiger partial charge in [-0.1, -0.05) is 25.9 Å². The third-order valence-corrected chi connectivity index (χ3v) is 4.35. The molecule has 2 rings (SSSR count). The van der Waals surface area contributed by atoms with E-state index < -0.39 is 5.91 Å². The van der Waals surface area contributed by atoms with Crippen LogP contribution in [0.3, 0.4) is 0 Å². The summed E-state index contributed by atoms with van der Waals surface area (Å²) in [6.07, 6.45) is 3.32. The van der Waals surface area contributed by atoms with Gasteiger partial charge in [0.1, 0.15) is 0 Å². The zero-order valence-corrected chi connectivity index (χ0v) is 15.7. The molecule has 9 heteroatoms. The van der Waals surface area contributed by atoms with Gasteiger partial charge in [0.05, 0.1) is 12.6 Å². The standard InChI is InChI=1S/C17H29N5O4/c1-4-7-25-13-8-11(5-6-12(13)20-10(2)3)16(24)19-9-14-21-17(15(18)23)26-22-14/h10-13,20H,4-9H2,1-3H3,(H2,18,23)(H,19,24)/t11-,12+,13+/m0/s1.